The van der Waals surface area contributed by atoms with E-state index in [1.807, 2.05) is 24.3 Å². The zero-order chi connectivity index (χ0) is 28.1. The molecule has 1 aromatic heterocycles. The molecule has 1 atom stereocenters. The quantitative estimate of drug-likeness (QED) is 0.133. The van der Waals surface area contributed by atoms with Crippen molar-refractivity contribution in [3.8, 4) is 5.75 Å². The van der Waals surface area contributed by atoms with Crippen molar-refractivity contribution >= 4 is 62.7 Å². The van der Waals surface area contributed by atoms with Gasteiger partial charge in [-0.1, -0.05) is 35.3 Å². The minimum absolute atomic E-state index is 0.0469. The molecule has 4 aromatic rings. The Morgan fingerprint density at radius 2 is 1.87 bits per heavy atom. The monoisotopic (exact) mass is 589 g/mol. The molecule has 4 rings (SSSR count). The molecule has 1 N–H and O–H groups in total. The second-order valence-corrected chi connectivity index (χ2v) is 10.3. The fourth-order valence-corrected chi connectivity index (χ4v) is 5.27. The van der Waals surface area contributed by atoms with Crippen LogP contribution in [0.2, 0.25) is 10.2 Å². The van der Waals surface area contributed by atoms with Gasteiger partial charge in [-0.25, -0.2) is 14.4 Å². The highest BCUT2D eigenvalue weighted by atomic mass is 35.5. The number of nitrogens with one attached hydrogen (secondary N) is 1. The minimum atomic E-state index is -2.69. The van der Waals surface area contributed by atoms with Crippen LogP contribution in [-0.2, 0) is 17.7 Å². The number of fused-ring (bicyclic) bond motifs is 1. The summed E-state index contributed by atoms with van der Waals surface area (Å²) in [6.07, 6.45) is 3.18. The lowest BCUT2D eigenvalue weighted by Gasteiger charge is -2.28. The molecule has 0 radical (unpaired) electrons. The molecular formula is C27H24Cl2FN4O4S-. The van der Waals surface area contributed by atoms with Gasteiger partial charge in [0.1, 0.15) is 23.0 Å². The number of methoxy groups -OCH3 is 1. The lowest BCUT2D eigenvalue weighted by Crippen LogP contribution is -2.27. The zero-order valence-electron chi connectivity index (χ0n) is 21.0. The molecule has 12 heteroatoms. The summed E-state index contributed by atoms with van der Waals surface area (Å²) in [5.74, 6) is -0.753. The molecule has 0 saturated heterocycles. The van der Waals surface area contributed by atoms with Crippen molar-refractivity contribution in [2.45, 2.75) is 26.2 Å². The maximum atomic E-state index is 14.8. The van der Waals surface area contributed by atoms with Crippen LogP contribution < -0.4 is 14.4 Å². The molecule has 204 valence electrons. The van der Waals surface area contributed by atoms with Gasteiger partial charge in [0.25, 0.3) is 5.91 Å². The van der Waals surface area contributed by atoms with Gasteiger partial charge < -0.3 is 18.9 Å². The first-order valence-corrected chi connectivity index (χ1v) is 13.7. The molecule has 0 spiro atoms. The Morgan fingerprint density at radius 1 is 1.13 bits per heavy atom. The standard InChI is InChI=1S/C27H25Cl2FN4O4S/c1-16-13-19-24(31-15-32-26(19)29)20(14-16)27(35)33-25-21(30)10-11-22(23(25)28)34(39(36)37)12-4-3-5-17-6-8-18(38-2)9-7-17/h6-11,13-15H,3-5,12H2,1-2H3,(H,33,35)(H,36,37)/p-1. The van der Waals surface area contributed by atoms with Crippen LogP contribution in [0.25, 0.3) is 10.9 Å². The first-order valence-electron chi connectivity index (χ1n) is 11.9. The van der Waals surface area contributed by atoms with Crippen LogP contribution in [0, 0.1) is 12.7 Å². The summed E-state index contributed by atoms with van der Waals surface area (Å²) < 4.78 is 45.2. The topological polar surface area (TPSA) is 107 Å². The molecule has 1 unspecified atom stereocenters. The van der Waals surface area contributed by atoms with Gasteiger partial charge >= 0.3 is 0 Å². The number of carbonyl (C=O) groups is 1. The highest BCUT2D eigenvalue weighted by Gasteiger charge is 2.21. The van der Waals surface area contributed by atoms with E-state index < -0.39 is 23.0 Å². The number of aromatic nitrogens is 2. The third-order valence-corrected chi connectivity index (χ3v) is 7.50. The molecule has 0 aliphatic rings. The maximum Gasteiger partial charge on any atom is 0.258 e. The fourth-order valence-electron chi connectivity index (χ4n) is 4.14. The maximum absolute atomic E-state index is 14.8. The van der Waals surface area contributed by atoms with Crippen molar-refractivity contribution in [3.63, 3.8) is 0 Å². The Kier molecular flexibility index (Phi) is 9.34. The number of hydrogen-bond acceptors (Lipinski definition) is 6. The number of amides is 1. The lowest BCUT2D eigenvalue weighted by molar-refractivity contribution is 0.102. The number of anilines is 2. The van der Waals surface area contributed by atoms with Crippen molar-refractivity contribution in [2.75, 3.05) is 23.3 Å². The molecule has 0 fully saturated rings. The molecule has 0 saturated carbocycles. The third kappa shape index (κ3) is 6.65. The van der Waals surface area contributed by atoms with Crippen LogP contribution in [0.15, 0.2) is 54.9 Å². The third-order valence-electron chi connectivity index (χ3n) is 6.07. The summed E-state index contributed by atoms with van der Waals surface area (Å²) in [5, 5.41) is 2.87. The second-order valence-electron chi connectivity index (χ2n) is 8.71. The summed E-state index contributed by atoms with van der Waals surface area (Å²) in [6, 6.07) is 13.3. The van der Waals surface area contributed by atoms with Crippen molar-refractivity contribution in [3.05, 3.63) is 87.5 Å². The highest BCUT2D eigenvalue weighted by Crippen LogP contribution is 2.36. The van der Waals surface area contributed by atoms with Crippen LogP contribution in [0.3, 0.4) is 0 Å². The van der Waals surface area contributed by atoms with Crippen molar-refractivity contribution in [1.29, 1.82) is 0 Å². The molecule has 39 heavy (non-hydrogen) atoms. The van der Waals surface area contributed by atoms with E-state index in [2.05, 4.69) is 15.3 Å². The van der Waals surface area contributed by atoms with Crippen molar-refractivity contribution < 1.29 is 22.7 Å². The second kappa shape index (κ2) is 12.7. The van der Waals surface area contributed by atoms with Crippen molar-refractivity contribution in [1.82, 2.24) is 9.97 Å². The van der Waals surface area contributed by atoms with Gasteiger partial charge in [0.15, 0.2) is 0 Å². The fraction of sp³-hybridized carbons (Fsp3) is 0.222. The molecule has 8 nitrogen and oxygen atoms in total. The zero-order valence-corrected chi connectivity index (χ0v) is 23.4. The molecule has 1 heterocycles. The van der Waals surface area contributed by atoms with E-state index in [0.717, 1.165) is 28.1 Å². The molecular weight excluding hydrogens is 566 g/mol. The van der Waals surface area contributed by atoms with E-state index in [9.17, 15) is 17.9 Å². The highest BCUT2D eigenvalue weighted by molar-refractivity contribution is 7.80. The molecule has 3 aromatic carbocycles. The average molecular weight is 590 g/mol. The molecule has 0 aliphatic carbocycles. The number of rotatable bonds is 10. The van der Waals surface area contributed by atoms with Gasteiger partial charge in [-0.2, -0.15) is 0 Å². The number of halogens is 3. The predicted octanol–water partition coefficient (Wildman–Crippen LogP) is 6.27. The smallest absolute Gasteiger partial charge is 0.258 e. The summed E-state index contributed by atoms with van der Waals surface area (Å²) in [5.41, 5.74) is 1.93. The minimum Gasteiger partial charge on any atom is -0.755 e. The van der Waals surface area contributed by atoms with Gasteiger partial charge in [-0.05, 0) is 73.7 Å². The van der Waals surface area contributed by atoms with Crippen LogP contribution >= 0.6 is 23.2 Å². The largest absolute Gasteiger partial charge is 0.755 e. The summed E-state index contributed by atoms with van der Waals surface area (Å²) in [7, 11) is 1.60. The number of ether oxygens (including phenoxy) is 1. The van der Waals surface area contributed by atoms with E-state index in [0.29, 0.717) is 23.8 Å². The number of unbranched alkanes of at least 4 members (excludes halogenated alkanes) is 1. The Balaban J connectivity index is 1.53. The summed E-state index contributed by atoms with van der Waals surface area (Å²) >= 11 is 9.95. The molecule has 0 bridgehead atoms. The predicted molar refractivity (Wildman–Crippen MR) is 151 cm³/mol. The Hall–Kier alpha value is -3.31. The van der Waals surface area contributed by atoms with Gasteiger partial charge in [0.2, 0.25) is 0 Å². The van der Waals surface area contributed by atoms with Crippen molar-refractivity contribution in [2.24, 2.45) is 0 Å². The van der Waals surface area contributed by atoms with E-state index in [1.54, 1.807) is 26.2 Å². The number of nitrogens with zero attached hydrogens (tertiary/aromatic N) is 3. The van der Waals surface area contributed by atoms with Gasteiger partial charge in [-0.15, -0.1) is 0 Å². The van der Waals surface area contributed by atoms with E-state index in [1.165, 1.54) is 12.4 Å². The van der Waals surface area contributed by atoms with Gasteiger partial charge in [0, 0.05) is 23.2 Å². The number of aryl methyl sites for hydroxylation is 2. The Bertz CT molecular complexity index is 1540. The summed E-state index contributed by atoms with van der Waals surface area (Å²) in [4.78, 5) is 21.3. The normalized spacial score (nSPS) is 11.8. The molecule has 0 aliphatic heterocycles. The van der Waals surface area contributed by atoms with Crippen LogP contribution in [0.4, 0.5) is 15.8 Å². The van der Waals surface area contributed by atoms with Crippen LogP contribution in [0.5, 0.6) is 5.75 Å². The Morgan fingerprint density at radius 3 is 2.56 bits per heavy atom. The van der Waals surface area contributed by atoms with E-state index in [-0.39, 0.29) is 39.2 Å². The lowest BCUT2D eigenvalue weighted by atomic mass is 10.1. The van der Waals surface area contributed by atoms with E-state index in [4.69, 9.17) is 27.9 Å². The SMILES string of the molecule is COc1ccc(CCCCN(c2ccc(F)c(NC(=O)c3cc(C)cc4c(Cl)ncnc34)c2Cl)S(=O)[O-])cc1. The first-order chi connectivity index (χ1) is 18.7. The number of benzene rings is 3. The van der Waals surface area contributed by atoms with Gasteiger partial charge in [0.05, 0.1) is 34.6 Å². The first kappa shape index (κ1) is 28.7. The van der Waals surface area contributed by atoms with E-state index >= 15 is 0 Å². The average Bonchev–Trinajstić information content (AvgIpc) is 2.92. The van der Waals surface area contributed by atoms with Crippen LogP contribution in [-0.4, -0.2) is 38.3 Å². The Labute approximate surface area is 237 Å². The number of hydrogen-bond donors (Lipinski definition) is 1. The summed E-state index contributed by atoms with van der Waals surface area (Å²) in [6.45, 7) is 1.88. The number of carbonyl (C=O) groups excluding carboxylic acids is 1. The van der Waals surface area contributed by atoms with Gasteiger partial charge in [-0.3, -0.25) is 9.00 Å². The molecule has 1 amide bonds. The van der Waals surface area contributed by atoms with Crippen LogP contribution in [0.1, 0.15) is 34.3 Å².